The van der Waals surface area contributed by atoms with Crippen molar-refractivity contribution in [3.8, 4) is 11.5 Å². The normalized spacial score (nSPS) is 11.5. The number of benzene rings is 3. The summed E-state index contributed by atoms with van der Waals surface area (Å²) in [5, 5.41) is 22.9. The lowest BCUT2D eigenvalue weighted by molar-refractivity contribution is 0.441. The summed E-state index contributed by atoms with van der Waals surface area (Å²) in [6.07, 6.45) is 0. The molecule has 5 aromatic rings. The van der Waals surface area contributed by atoms with Crippen LogP contribution >= 0.6 is 0 Å². The fourth-order valence-corrected chi connectivity index (χ4v) is 4.27. The molecule has 0 atom stereocenters. The van der Waals surface area contributed by atoms with Crippen molar-refractivity contribution >= 4 is 21.9 Å². The van der Waals surface area contributed by atoms with E-state index in [2.05, 4.69) is 0 Å². The van der Waals surface area contributed by atoms with Crippen molar-refractivity contribution in [1.29, 1.82) is 0 Å². The Kier molecular flexibility index (Phi) is 4.97. The predicted octanol–water partition coefficient (Wildman–Crippen LogP) is 5.25. The number of aryl methyl sites for hydroxylation is 2. The fourth-order valence-electron chi connectivity index (χ4n) is 4.27. The zero-order chi connectivity index (χ0) is 24.1. The van der Waals surface area contributed by atoms with E-state index in [1.165, 1.54) is 12.1 Å². The molecule has 6 nitrogen and oxygen atoms in total. The minimum Gasteiger partial charge on any atom is -0.507 e. The monoisotopic (exact) mass is 458 g/mol. The molecule has 0 amide bonds. The van der Waals surface area contributed by atoms with E-state index < -0.39 is 34.5 Å². The maximum Gasteiger partial charge on any atom is 0.344 e. The molecule has 0 fully saturated rings. The Labute approximate surface area is 192 Å². The van der Waals surface area contributed by atoms with Crippen LogP contribution in [0, 0.1) is 19.7 Å². The maximum absolute atomic E-state index is 13.7. The van der Waals surface area contributed by atoms with Crippen LogP contribution in [0.5, 0.6) is 11.5 Å². The maximum atomic E-state index is 13.7. The molecule has 2 N–H and O–H groups in total. The topological polar surface area (TPSA) is 101 Å². The Bertz CT molecular complexity index is 1590. The van der Waals surface area contributed by atoms with Crippen molar-refractivity contribution in [3.63, 3.8) is 0 Å². The molecule has 0 aliphatic carbocycles. The van der Waals surface area contributed by atoms with Gasteiger partial charge in [0.2, 0.25) is 0 Å². The van der Waals surface area contributed by atoms with E-state index in [1.54, 1.807) is 36.4 Å². The number of aromatic hydroxyl groups is 2. The highest BCUT2D eigenvalue weighted by atomic mass is 19.1. The summed E-state index contributed by atoms with van der Waals surface area (Å²) in [5.41, 5.74) is -0.0870. The molecular formula is C27H19FO6. The molecule has 2 heterocycles. The fraction of sp³-hybridized carbons (Fsp3) is 0.111. The molecule has 0 saturated heterocycles. The minimum absolute atomic E-state index is 0.167. The largest absolute Gasteiger partial charge is 0.507 e. The van der Waals surface area contributed by atoms with Crippen LogP contribution in [0.4, 0.5) is 4.39 Å². The van der Waals surface area contributed by atoms with Crippen molar-refractivity contribution in [2.45, 2.75) is 19.8 Å². The van der Waals surface area contributed by atoms with Crippen molar-refractivity contribution in [3.05, 3.63) is 115 Å². The van der Waals surface area contributed by atoms with Crippen molar-refractivity contribution < 1.29 is 23.4 Å². The van der Waals surface area contributed by atoms with E-state index in [0.29, 0.717) is 0 Å². The van der Waals surface area contributed by atoms with Crippen LogP contribution in [0.3, 0.4) is 0 Å². The lowest BCUT2D eigenvalue weighted by Gasteiger charge is -2.20. The number of hydrogen-bond donors (Lipinski definition) is 2. The van der Waals surface area contributed by atoms with Gasteiger partial charge in [-0.2, -0.15) is 0 Å². The zero-order valence-electron chi connectivity index (χ0n) is 18.3. The Morgan fingerprint density at radius 2 is 1.15 bits per heavy atom. The standard InChI is InChI=1S/C27H19FO6/c1-13-3-9-19-17(11-13)24(29)22(26(31)33-19)21(15-5-7-16(28)8-6-15)23-25(30)18-12-14(2)4-10-20(18)34-27(23)32/h3-12,21,29-30H,1-2H3. The van der Waals surface area contributed by atoms with Gasteiger partial charge in [0.15, 0.2) is 0 Å². The summed E-state index contributed by atoms with van der Waals surface area (Å²) < 4.78 is 24.6. The Hall–Kier alpha value is -4.39. The van der Waals surface area contributed by atoms with Crippen LogP contribution in [0.2, 0.25) is 0 Å². The molecule has 0 spiro atoms. The number of rotatable bonds is 3. The Morgan fingerprint density at radius 1 is 0.706 bits per heavy atom. The second kappa shape index (κ2) is 7.88. The van der Waals surface area contributed by atoms with Crippen LogP contribution in [-0.4, -0.2) is 10.2 Å². The summed E-state index contributed by atoms with van der Waals surface area (Å²) in [6, 6.07) is 14.9. The minimum atomic E-state index is -1.29. The molecule has 0 unspecified atom stereocenters. The predicted molar refractivity (Wildman–Crippen MR) is 125 cm³/mol. The third-order valence-corrected chi connectivity index (χ3v) is 5.92. The van der Waals surface area contributed by atoms with E-state index in [-0.39, 0.29) is 38.6 Å². The van der Waals surface area contributed by atoms with Crippen molar-refractivity contribution in [2.24, 2.45) is 0 Å². The molecular weight excluding hydrogens is 439 g/mol. The molecule has 0 aliphatic heterocycles. The smallest absolute Gasteiger partial charge is 0.344 e. The van der Waals surface area contributed by atoms with E-state index in [0.717, 1.165) is 23.3 Å². The van der Waals surface area contributed by atoms with Gasteiger partial charge < -0.3 is 19.0 Å². The first-order valence-corrected chi connectivity index (χ1v) is 10.5. The molecule has 34 heavy (non-hydrogen) atoms. The molecule has 5 rings (SSSR count). The summed E-state index contributed by atoms with van der Waals surface area (Å²) in [5.74, 6) is -2.61. The molecule has 2 aromatic heterocycles. The van der Waals surface area contributed by atoms with Crippen LogP contribution in [0.1, 0.15) is 33.7 Å². The molecule has 7 heteroatoms. The first-order chi connectivity index (χ1) is 16.2. The van der Waals surface area contributed by atoms with Crippen LogP contribution < -0.4 is 11.3 Å². The van der Waals surface area contributed by atoms with E-state index in [1.807, 2.05) is 13.8 Å². The van der Waals surface area contributed by atoms with E-state index >= 15 is 0 Å². The molecule has 0 aliphatic rings. The highest BCUT2D eigenvalue weighted by Crippen LogP contribution is 2.42. The molecule has 0 saturated carbocycles. The number of fused-ring (bicyclic) bond motifs is 2. The summed E-state index contributed by atoms with van der Waals surface area (Å²) >= 11 is 0. The van der Waals surface area contributed by atoms with Gasteiger partial charge in [-0.1, -0.05) is 35.4 Å². The van der Waals surface area contributed by atoms with Crippen LogP contribution in [0.25, 0.3) is 21.9 Å². The van der Waals surface area contributed by atoms with Gasteiger partial charge in [0.25, 0.3) is 0 Å². The average molecular weight is 458 g/mol. The van der Waals surface area contributed by atoms with Gasteiger partial charge in [-0.25, -0.2) is 14.0 Å². The van der Waals surface area contributed by atoms with Crippen molar-refractivity contribution in [1.82, 2.24) is 0 Å². The summed E-state index contributed by atoms with van der Waals surface area (Å²) in [6.45, 7) is 3.63. The summed E-state index contributed by atoms with van der Waals surface area (Å²) in [7, 11) is 0. The van der Waals surface area contributed by atoms with Gasteiger partial charge in [0.1, 0.15) is 28.5 Å². The van der Waals surface area contributed by atoms with E-state index in [9.17, 15) is 24.2 Å². The Balaban J connectivity index is 1.91. The first-order valence-electron chi connectivity index (χ1n) is 10.5. The lowest BCUT2D eigenvalue weighted by Crippen LogP contribution is -2.21. The highest BCUT2D eigenvalue weighted by molar-refractivity contribution is 5.87. The van der Waals surface area contributed by atoms with Crippen molar-refractivity contribution in [2.75, 3.05) is 0 Å². The average Bonchev–Trinajstić information content (AvgIpc) is 2.80. The molecule has 3 aromatic carbocycles. The van der Waals surface area contributed by atoms with Gasteiger partial charge >= 0.3 is 11.3 Å². The number of hydrogen-bond acceptors (Lipinski definition) is 6. The zero-order valence-corrected chi connectivity index (χ0v) is 18.3. The molecule has 170 valence electrons. The van der Waals surface area contributed by atoms with Gasteiger partial charge in [-0.05, 0) is 55.8 Å². The first kappa shape index (κ1) is 21.5. The van der Waals surface area contributed by atoms with Gasteiger partial charge in [0.05, 0.1) is 27.8 Å². The lowest BCUT2D eigenvalue weighted by atomic mass is 9.84. The van der Waals surface area contributed by atoms with Gasteiger partial charge in [0, 0.05) is 0 Å². The second-order valence-electron chi connectivity index (χ2n) is 8.29. The third-order valence-electron chi connectivity index (χ3n) is 5.92. The summed E-state index contributed by atoms with van der Waals surface area (Å²) in [4.78, 5) is 26.2. The van der Waals surface area contributed by atoms with Crippen LogP contribution in [-0.2, 0) is 0 Å². The highest BCUT2D eigenvalue weighted by Gasteiger charge is 2.32. The third kappa shape index (κ3) is 3.42. The second-order valence-corrected chi connectivity index (χ2v) is 8.29. The molecule has 0 radical (unpaired) electrons. The van der Waals surface area contributed by atoms with Gasteiger partial charge in [-0.15, -0.1) is 0 Å². The number of halogens is 1. The quantitative estimate of drug-likeness (QED) is 0.358. The SMILES string of the molecule is Cc1ccc2oc(=O)c(C(c3ccc(F)cc3)c3c(O)c4cc(C)ccc4oc3=O)c(O)c2c1. The Morgan fingerprint density at radius 3 is 1.59 bits per heavy atom. The van der Waals surface area contributed by atoms with Gasteiger partial charge in [-0.3, -0.25) is 0 Å². The molecule has 0 bridgehead atoms. The van der Waals surface area contributed by atoms with E-state index in [4.69, 9.17) is 8.83 Å². The van der Waals surface area contributed by atoms with Crippen LogP contribution in [0.15, 0.2) is 79.1 Å².